The molecule has 52 valence electrons. The first kappa shape index (κ1) is 6.85. The molecule has 2 radical (unpaired) electrons. The van der Waals surface area contributed by atoms with Crippen LogP contribution in [0, 0.1) is 0 Å². The van der Waals surface area contributed by atoms with Gasteiger partial charge in [0.25, 0.3) is 0 Å². The van der Waals surface area contributed by atoms with Gasteiger partial charge in [0.05, 0.1) is 0 Å². The molecule has 5 heteroatoms. The van der Waals surface area contributed by atoms with Gasteiger partial charge in [-0.25, -0.2) is 4.98 Å². The molecule has 0 aliphatic heterocycles. The van der Waals surface area contributed by atoms with Crippen molar-refractivity contribution in [2.24, 2.45) is 0 Å². The third kappa shape index (κ3) is 1.05. The lowest BCUT2D eigenvalue weighted by molar-refractivity contribution is 1.12. The quantitative estimate of drug-likeness (QED) is 0.582. The van der Waals surface area contributed by atoms with Crippen LogP contribution in [0.25, 0.3) is 5.65 Å². The summed E-state index contributed by atoms with van der Waals surface area (Å²) in [6, 6.07) is 0. The second kappa shape index (κ2) is 2.34. The van der Waals surface area contributed by atoms with Crippen molar-refractivity contribution >= 4 is 35.0 Å². The van der Waals surface area contributed by atoms with Gasteiger partial charge in [0.15, 0.2) is 0 Å². The Morgan fingerprint density at radius 2 is 2.36 bits per heavy atom. The predicted molar refractivity (Wildman–Crippen MR) is 46.1 cm³/mol. The summed E-state index contributed by atoms with van der Waals surface area (Å²) in [5.74, 6) is 0. The van der Waals surface area contributed by atoms with Crippen LogP contribution in [-0.2, 0) is 0 Å². The predicted octanol–water partition coefficient (Wildman–Crippen LogP) is 0.286. The van der Waals surface area contributed by atoms with Gasteiger partial charge in [-0.3, -0.25) is 4.98 Å². The summed E-state index contributed by atoms with van der Waals surface area (Å²) in [5.41, 5.74) is 1.12. The Balaban J connectivity index is 2.91. The number of rotatable bonds is 0. The lowest BCUT2D eigenvalue weighted by Gasteiger charge is -1.97. The summed E-state index contributed by atoms with van der Waals surface area (Å²) in [7, 11) is 5.58. The number of fused-ring (bicyclic) bond motifs is 1. The lowest BCUT2D eigenvalue weighted by atomic mass is 10.1. The smallest absolute Gasteiger partial charge is 0.147 e. The first-order valence-corrected chi connectivity index (χ1v) is 3.81. The van der Waals surface area contributed by atoms with Gasteiger partial charge in [-0.1, -0.05) is 0 Å². The second-order valence-corrected chi connectivity index (χ2v) is 2.92. The Kier molecular flexibility index (Phi) is 1.46. The highest BCUT2D eigenvalue weighted by atomic mass is 79.9. The second-order valence-electron chi connectivity index (χ2n) is 2.11. The minimum atomic E-state index is 0.435. The number of imidazole rings is 1. The van der Waals surface area contributed by atoms with Crippen LogP contribution in [0.4, 0.5) is 0 Å². The molecule has 11 heavy (non-hydrogen) atoms. The van der Waals surface area contributed by atoms with E-state index in [2.05, 4.69) is 25.9 Å². The molecule has 0 fully saturated rings. The maximum atomic E-state index is 5.58. The SMILES string of the molecule is [B]c1nc(Br)cn2ccnc12. The van der Waals surface area contributed by atoms with E-state index in [0.29, 0.717) is 15.8 Å². The molecule has 2 heterocycles. The van der Waals surface area contributed by atoms with Crippen LogP contribution in [0.15, 0.2) is 23.2 Å². The van der Waals surface area contributed by atoms with Crippen molar-refractivity contribution in [2.75, 3.05) is 0 Å². The van der Waals surface area contributed by atoms with Gasteiger partial charge in [-0.05, 0) is 15.9 Å². The van der Waals surface area contributed by atoms with Crippen LogP contribution in [0.2, 0.25) is 0 Å². The average Bonchev–Trinajstić information content (AvgIpc) is 2.34. The molecule has 0 saturated heterocycles. The van der Waals surface area contributed by atoms with Crippen LogP contribution in [0.1, 0.15) is 0 Å². The maximum absolute atomic E-state index is 5.58. The largest absolute Gasteiger partial charge is 0.304 e. The molecule has 0 N–H and O–H groups in total. The van der Waals surface area contributed by atoms with Crippen LogP contribution in [-0.4, -0.2) is 22.2 Å². The van der Waals surface area contributed by atoms with E-state index in [1.807, 2.05) is 10.6 Å². The molecule has 0 bridgehead atoms. The monoisotopic (exact) mass is 207 g/mol. The van der Waals surface area contributed by atoms with E-state index < -0.39 is 0 Å². The van der Waals surface area contributed by atoms with Gasteiger partial charge in [-0.15, -0.1) is 0 Å². The Labute approximate surface area is 73.0 Å². The fourth-order valence-corrected chi connectivity index (χ4v) is 1.34. The molecule has 2 aromatic heterocycles. The van der Waals surface area contributed by atoms with Crippen molar-refractivity contribution in [3.63, 3.8) is 0 Å². The van der Waals surface area contributed by atoms with Crippen molar-refractivity contribution in [2.45, 2.75) is 0 Å². The van der Waals surface area contributed by atoms with E-state index in [1.165, 1.54) is 0 Å². The first-order valence-electron chi connectivity index (χ1n) is 3.02. The van der Waals surface area contributed by atoms with Crippen LogP contribution in [0.3, 0.4) is 0 Å². The van der Waals surface area contributed by atoms with Crippen molar-refractivity contribution in [1.82, 2.24) is 14.4 Å². The molecule has 3 nitrogen and oxygen atoms in total. The van der Waals surface area contributed by atoms with Crippen molar-refractivity contribution in [1.29, 1.82) is 0 Å². The summed E-state index contributed by atoms with van der Waals surface area (Å²) in [6.07, 6.45) is 5.30. The standard InChI is InChI=1S/C6H3BBrN3/c7-5-6-9-1-2-11(6)3-4(8)10-5/h1-3H. The van der Waals surface area contributed by atoms with Crippen LogP contribution in [0.5, 0.6) is 0 Å². The molecule has 0 atom stereocenters. The molecule has 2 aromatic rings. The first-order chi connectivity index (χ1) is 5.27. The van der Waals surface area contributed by atoms with E-state index in [0.717, 1.165) is 0 Å². The third-order valence-electron chi connectivity index (χ3n) is 1.37. The number of aromatic nitrogens is 3. The highest BCUT2D eigenvalue weighted by molar-refractivity contribution is 9.10. The fourth-order valence-electron chi connectivity index (χ4n) is 0.924. The van der Waals surface area contributed by atoms with Crippen LogP contribution < -0.4 is 5.59 Å². The van der Waals surface area contributed by atoms with Gasteiger partial charge in [0.2, 0.25) is 0 Å². The average molecular weight is 208 g/mol. The fraction of sp³-hybridized carbons (Fsp3) is 0. The number of nitrogens with zero attached hydrogens (tertiary/aromatic N) is 3. The summed E-state index contributed by atoms with van der Waals surface area (Å²) in [5, 5.41) is 0. The molecule has 0 spiro atoms. The number of hydrogen-bond donors (Lipinski definition) is 0. The molecular formula is C6H3BBrN3. The summed E-state index contributed by atoms with van der Waals surface area (Å²) >= 11 is 3.23. The zero-order valence-corrected chi connectivity index (χ0v) is 7.12. The summed E-state index contributed by atoms with van der Waals surface area (Å²) in [6.45, 7) is 0. The van der Waals surface area contributed by atoms with E-state index in [9.17, 15) is 0 Å². The topological polar surface area (TPSA) is 30.2 Å². The number of halogens is 1. The van der Waals surface area contributed by atoms with E-state index in [4.69, 9.17) is 7.85 Å². The highest BCUT2D eigenvalue weighted by Crippen LogP contribution is 2.03. The summed E-state index contributed by atoms with van der Waals surface area (Å²) in [4.78, 5) is 8.00. The molecular weight excluding hydrogens is 205 g/mol. The van der Waals surface area contributed by atoms with E-state index >= 15 is 0 Å². The Morgan fingerprint density at radius 1 is 1.55 bits per heavy atom. The van der Waals surface area contributed by atoms with Gasteiger partial charge >= 0.3 is 0 Å². The van der Waals surface area contributed by atoms with Crippen molar-refractivity contribution in [3.8, 4) is 0 Å². The van der Waals surface area contributed by atoms with Crippen molar-refractivity contribution in [3.05, 3.63) is 23.2 Å². The number of hydrogen-bond acceptors (Lipinski definition) is 2. The molecule has 0 amide bonds. The maximum Gasteiger partial charge on any atom is 0.147 e. The Bertz CT molecular complexity index is 398. The van der Waals surface area contributed by atoms with E-state index in [-0.39, 0.29) is 0 Å². The van der Waals surface area contributed by atoms with Gasteiger partial charge in [0.1, 0.15) is 18.1 Å². The molecule has 0 aliphatic rings. The molecule has 0 aliphatic carbocycles. The minimum absolute atomic E-state index is 0.435. The van der Waals surface area contributed by atoms with Gasteiger partial charge in [-0.2, -0.15) is 0 Å². The van der Waals surface area contributed by atoms with Crippen LogP contribution >= 0.6 is 15.9 Å². The molecule has 2 rings (SSSR count). The highest BCUT2D eigenvalue weighted by Gasteiger charge is 1.99. The van der Waals surface area contributed by atoms with Crippen molar-refractivity contribution < 1.29 is 0 Å². The van der Waals surface area contributed by atoms with E-state index in [1.54, 1.807) is 12.4 Å². The Morgan fingerprint density at radius 3 is 3.18 bits per heavy atom. The molecule has 0 aromatic carbocycles. The third-order valence-corrected chi connectivity index (χ3v) is 1.75. The van der Waals surface area contributed by atoms with Gasteiger partial charge < -0.3 is 4.40 Å². The molecule has 0 unspecified atom stereocenters. The zero-order chi connectivity index (χ0) is 7.84. The Hall–Kier alpha value is -0.835. The normalized spacial score (nSPS) is 10.6. The van der Waals surface area contributed by atoms with Gasteiger partial charge in [0, 0.05) is 24.2 Å². The minimum Gasteiger partial charge on any atom is -0.304 e. The molecule has 0 saturated carbocycles. The lowest BCUT2D eigenvalue weighted by Crippen LogP contribution is -2.12. The zero-order valence-electron chi connectivity index (χ0n) is 5.53. The summed E-state index contributed by atoms with van der Waals surface area (Å²) < 4.78 is 2.52.